The van der Waals surface area contributed by atoms with E-state index in [4.69, 9.17) is 4.42 Å². The van der Waals surface area contributed by atoms with Crippen LogP contribution in [0.15, 0.2) is 144 Å². The lowest BCUT2D eigenvalue weighted by Crippen LogP contribution is -1.90. The highest BCUT2D eigenvalue weighted by molar-refractivity contribution is 6.31. The minimum atomic E-state index is 0.268. The number of aromatic hydroxyl groups is 1. The fraction of sp³-hybridized carbons (Fsp3) is 0. The summed E-state index contributed by atoms with van der Waals surface area (Å²) in [5.41, 5.74) is 6.47. The summed E-state index contributed by atoms with van der Waals surface area (Å²) in [5, 5.41) is 21.8. The number of benzene rings is 8. The van der Waals surface area contributed by atoms with Gasteiger partial charge in [-0.3, -0.25) is 0 Å². The van der Waals surface area contributed by atoms with Crippen LogP contribution in [-0.2, 0) is 0 Å². The predicted octanol–water partition coefficient (Wildman–Crippen LogP) is 11.2. The molecule has 0 radical (unpaired) electrons. The van der Waals surface area contributed by atoms with E-state index in [1.807, 2.05) is 12.1 Å². The molecule has 9 rings (SSSR count). The molecule has 0 saturated heterocycles. The van der Waals surface area contributed by atoms with Gasteiger partial charge in [0.05, 0.1) is 0 Å². The molecule has 2 heteroatoms. The Hall–Kier alpha value is -5.60. The summed E-state index contributed by atoms with van der Waals surface area (Å²) in [4.78, 5) is 0. The van der Waals surface area contributed by atoms with Gasteiger partial charge in [0, 0.05) is 16.2 Å². The number of phenols is 1. The Morgan fingerprint density at radius 3 is 1.43 bits per heavy atom. The lowest BCUT2D eigenvalue weighted by molar-refractivity contribution is 0.475. The van der Waals surface area contributed by atoms with Gasteiger partial charge in [0.25, 0.3) is 0 Å². The Morgan fingerprint density at radius 2 is 0.833 bits per heavy atom. The average molecular weight is 537 g/mol. The van der Waals surface area contributed by atoms with Gasteiger partial charge < -0.3 is 9.52 Å². The quantitative estimate of drug-likeness (QED) is 0.176. The first-order chi connectivity index (χ1) is 20.8. The summed E-state index contributed by atoms with van der Waals surface area (Å²) in [7, 11) is 0. The van der Waals surface area contributed by atoms with E-state index in [0.29, 0.717) is 0 Å². The molecule has 0 saturated carbocycles. The van der Waals surface area contributed by atoms with Crippen LogP contribution in [0.25, 0.3) is 87.3 Å². The van der Waals surface area contributed by atoms with Crippen LogP contribution in [0, 0.1) is 0 Å². The molecule has 42 heavy (non-hydrogen) atoms. The van der Waals surface area contributed by atoms with Crippen molar-refractivity contribution >= 4 is 65.0 Å². The Bertz CT molecular complexity index is 2460. The monoisotopic (exact) mass is 536 g/mol. The third kappa shape index (κ3) is 3.21. The Morgan fingerprint density at radius 1 is 0.381 bits per heavy atom. The topological polar surface area (TPSA) is 33.4 Å². The molecule has 0 aliphatic carbocycles. The zero-order valence-corrected chi connectivity index (χ0v) is 22.6. The maximum absolute atomic E-state index is 9.98. The number of hydrogen-bond acceptors (Lipinski definition) is 2. The molecule has 9 aromatic rings. The van der Waals surface area contributed by atoms with Gasteiger partial charge in [-0.1, -0.05) is 115 Å². The van der Waals surface area contributed by atoms with Gasteiger partial charge in [0.15, 0.2) is 0 Å². The fourth-order valence-electron chi connectivity index (χ4n) is 6.94. The molecule has 0 fully saturated rings. The van der Waals surface area contributed by atoms with E-state index in [1.54, 1.807) is 12.1 Å². The second-order valence-corrected chi connectivity index (χ2v) is 11.0. The summed E-state index contributed by atoms with van der Waals surface area (Å²) in [6.45, 7) is 0. The average Bonchev–Trinajstić information content (AvgIpc) is 3.44. The molecule has 2 nitrogen and oxygen atoms in total. The summed E-state index contributed by atoms with van der Waals surface area (Å²) < 4.78 is 6.61. The highest BCUT2D eigenvalue weighted by Gasteiger charge is 2.19. The second-order valence-electron chi connectivity index (χ2n) is 11.0. The molecular weight excluding hydrogens is 512 g/mol. The number of furan rings is 1. The fourth-order valence-corrected chi connectivity index (χ4v) is 6.94. The van der Waals surface area contributed by atoms with Crippen molar-refractivity contribution < 1.29 is 9.52 Å². The van der Waals surface area contributed by atoms with Gasteiger partial charge >= 0.3 is 0 Å². The smallest absolute Gasteiger partial charge is 0.143 e. The van der Waals surface area contributed by atoms with Crippen LogP contribution < -0.4 is 0 Å². The third-order valence-corrected chi connectivity index (χ3v) is 8.72. The highest BCUT2D eigenvalue weighted by Crippen LogP contribution is 2.46. The van der Waals surface area contributed by atoms with E-state index in [2.05, 4.69) is 115 Å². The van der Waals surface area contributed by atoms with Crippen LogP contribution in [0.2, 0.25) is 0 Å². The zero-order valence-electron chi connectivity index (χ0n) is 22.6. The van der Waals surface area contributed by atoms with Crippen molar-refractivity contribution in [1.82, 2.24) is 0 Å². The van der Waals surface area contributed by atoms with Crippen molar-refractivity contribution in [1.29, 1.82) is 0 Å². The zero-order chi connectivity index (χ0) is 27.8. The normalized spacial score (nSPS) is 11.9. The van der Waals surface area contributed by atoms with Crippen molar-refractivity contribution in [2.75, 3.05) is 0 Å². The molecule has 1 N–H and O–H groups in total. The van der Waals surface area contributed by atoms with Gasteiger partial charge in [-0.05, 0) is 84.2 Å². The molecule has 1 aromatic heterocycles. The van der Waals surface area contributed by atoms with Gasteiger partial charge in [-0.2, -0.15) is 0 Å². The number of fused-ring (bicyclic) bond motifs is 10. The molecule has 1 heterocycles. The van der Waals surface area contributed by atoms with E-state index in [0.717, 1.165) is 38.5 Å². The molecule has 196 valence electrons. The molecule has 0 bridgehead atoms. The molecule has 0 unspecified atom stereocenters. The Balaban J connectivity index is 1.42. The Labute approximate surface area is 241 Å². The summed E-state index contributed by atoms with van der Waals surface area (Å²) in [6.07, 6.45) is 0. The van der Waals surface area contributed by atoms with Crippen molar-refractivity contribution in [3.8, 4) is 28.0 Å². The first-order valence-electron chi connectivity index (χ1n) is 14.3. The van der Waals surface area contributed by atoms with Crippen molar-refractivity contribution in [2.24, 2.45) is 0 Å². The summed E-state index contributed by atoms with van der Waals surface area (Å²) in [5.74, 6) is 0.268. The third-order valence-electron chi connectivity index (χ3n) is 8.72. The summed E-state index contributed by atoms with van der Waals surface area (Å²) in [6, 6.07) is 48.7. The molecule has 8 aromatic carbocycles. The maximum Gasteiger partial charge on any atom is 0.143 e. The van der Waals surface area contributed by atoms with Crippen molar-refractivity contribution in [3.63, 3.8) is 0 Å². The van der Waals surface area contributed by atoms with Crippen LogP contribution in [0.5, 0.6) is 5.75 Å². The van der Waals surface area contributed by atoms with Crippen LogP contribution >= 0.6 is 0 Å². The largest absolute Gasteiger partial charge is 0.508 e. The molecule has 0 aliphatic rings. The van der Waals surface area contributed by atoms with Crippen LogP contribution in [0.1, 0.15) is 0 Å². The van der Waals surface area contributed by atoms with Crippen molar-refractivity contribution in [2.45, 2.75) is 0 Å². The first-order valence-corrected chi connectivity index (χ1v) is 14.3. The van der Waals surface area contributed by atoms with Crippen LogP contribution in [-0.4, -0.2) is 5.11 Å². The molecule has 0 atom stereocenters. The molecule has 0 spiro atoms. The highest BCUT2D eigenvalue weighted by atomic mass is 16.3. The van der Waals surface area contributed by atoms with Gasteiger partial charge in [0.1, 0.15) is 16.9 Å². The number of phenolic OH excluding ortho intramolecular Hbond substituents is 1. The predicted molar refractivity (Wildman–Crippen MR) is 176 cm³/mol. The first kappa shape index (κ1) is 23.1. The summed E-state index contributed by atoms with van der Waals surface area (Å²) >= 11 is 0. The standard InChI is InChI=1S/C40H24O2/c41-26-20-17-24(18-21-26)37-30-12-4-6-14-32(30)38(33-15-7-5-13-31(33)37)25-19-22-36-35(23-25)39-29-11-3-1-9-27(29)28-10-2-8-16-34(28)40(39)42-36/h1-23,41H. The van der Waals surface area contributed by atoms with Crippen LogP contribution in [0.3, 0.4) is 0 Å². The Kier molecular flexibility index (Phi) is 4.79. The van der Waals surface area contributed by atoms with Gasteiger partial charge in [-0.25, -0.2) is 0 Å². The molecule has 0 amide bonds. The van der Waals surface area contributed by atoms with E-state index in [1.165, 1.54) is 48.8 Å². The minimum Gasteiger partial charge on any atom is -0.508 e. The lowest BCUT2D eigenvalue weighted by Gasteiger charge is -2.17. The second kappa shape index (κ2) is 8.70. The van der Waals surface area contributed by atoms with Gasteiger partial charge in [-0.15, -0.1) is 0 Å². The van der Waals surface area contributed by atoms with E-state index in [-0.39, 0.29) is 5.75 Å². The van der Waals surface area contributed by atoms with E-state index < -0.39 is 0 Å². The number of rotatable bonds is 2. The van der Waals surface area contributed by atoms with Gasteiger partial charge in [0.2, 0.25) is 0 Å². The molecule has 0 aliphatic heterocycles. The SMILES string of the molecule is Oc1ccc(-c2c3ccccc3c(-c3ccc4oc5c6ccccc6c6ccccc6c5c4c3)c3ccccc23)cc1. The van der Waals surface area contributed by atoms with Crippen molar-refractivity contribution in [3.05, 3.63) is 140 Å². The number of hydrogen-bond donors (Lipinski definition) is 1. The lowest BCUT2D eigenvalue weighted by atomic mass is 9.85. The minimum absolute atomic E-state index is 0.268. The van der Waals surface area contributed by atoms with Crippen LogP contribution in [0.4, 0.5) is 0 Å². The maximum atomic E-state index is 9.98. The van der Waals surface area contributed by atoms with E-state index >= 15 is 0 Å². The van der Waals surface area contributed by atoms with E-state index in [9.17, 15) is 5.11 Å². The molecular formula is C40H24O2.